The molecule has 0 saturated carbocycles. The normalized spacial score (nSPS) is 12.5. The Kier molecular flexibility index (Phi) is 10.3. The van der Waals surface area contributed by atoms with Crippen molar-refractivity contribution in [2.75, 3.05) is 10.8 Å². The molecule has 214 valence electrons. The summed E-state index contributed by atoms with van der Waals surface area (Å²) < 4.78 is 28.8. The number of aryl methyl sites for hydroxylation is 1. The zero-order valence-corrected chi connectivity index (χ0v) is 25.6. The summed E-state index contributed by atoms with van der Waals surface area (Å²) in [6, 6.07) is 18.9. The summed E-state index contributed by atoms with van der Waals surface area (Å²) in [6.07, 6.45) is 0.300. The summed E-state index contributed by atoms with van der Waals surface area (Å²) in [6.45, 7) is 8.67. The molecular weight excluding hydrogens is 569 g/mol. The molecule has 1 unspecified atom stereocenters. The molecule has 0 aliphatic rings. The van der Waals surface area contributed by atoms with Gasteiger partial charge in [-0.25, -0.2) is 8.42 Å². The van der Waals surface area contributed by atoms with E-state index in [9.17, 15) is 18.0 Å². The Balaban J connectivity index is 2.09. The zero-order valence-electron chi connectivity index (χ0n) is 23.3. The van der Waals surface area contributed by atoms with Gasteiger partial charge in [0, 0.05) is 22.1 Å². The van der Waals surface area contributed by atoms with Gasteiger partial charge in [-0.3, -0.25) is 13.9 Å². The van der Waals surface area contributed by atoms with E-state index in [1.807, 2.05) is 33.8 Å². The molecule has 0 aliphatic carbocycles. The Labute approximate surface area is 247 Å². The van der Waals surface area contributed by atoms with Crippen LogP contribution in [-0.4, -0.2) is 43.3 Å². The van der Waals surface area contributed by atoms with Gasteiger partial charge in [-0.1, -0.05) is 66.5 Å². The van der Waals surface area contributed by atoms with E-state index in [0.717, 1.165) is 9.87 Å². The third-order valence-corrected chi connectivity index (χ3v) is 8.51. The molecule has 1 N–H and O–H groups in total. The number of rotatable bonds is 10. The molecule has 1 atom stereocenters. The fourth-order valence-corrected chi connectivity index (χ4v) is 6.13. The van der Waals surface area contributed by atoms with Crippen molar-refractivity contribution in [3.05, 3.63) is 94.0 Å². The van der Waals surface area contributed by atoms with Gasteiger partial charge < -0.3 is 10.2 Å². The van der Waals surface area contributed by atoms with E-state index in [-0.39, 0.29) is 17.3 Å². The van der Waals surface area contributed by atoms with Crippen LogP contribution in [-0.2, 0) is 26.2 Å². The molecule has 2 amide bonds. The second-order valence-electron chi connectivity index (χ2n) is 10.6. The number of hydrogen-bond acceptors (Lipinski definition) is 4. The lowest BCUT2D eigenvalue weighted by molar-refractivity contribution is -0.141. The number of nitrogens with zero attached hydrogens (tertiary/aromatic N) is 2. The maximum Gasteiger partial charge on any atom is 0.264 e. The molecule has 0 radical (unpaired) electrons. The Morgan fingerprint density at radius 3 is 2.20 bits per heavy atom. The number of benzene rings is 3. The first-order valence-corrected chi connectivity index (χ1v) is 15.1. The number of sulfonamides is 1. The number of anilines is 1. The Hall–Kier alpha value is -3.07. The lowest BCUT2D eigenvalue weighted by atomic mass is 10.1. The van der Waals surface area contributed by atoms with Crippen molar-refractivity contribution in [2.24, 2.45) is 0 Å². The smallest absolute Gasteiger partial charge is 0.264 e. The summed E-state index contributed by atoms with van der Waals surface area (Å²) >= 11 is 12.5. The molecule has 0 heterocycles. The molecule has 0 spiro atoms. The highest BCUT2D eigenvalue weighted by atomic mass is 35.5. The van der Waals surface area contributed by atoms with Gasteiger partial charge in [0.2, 0.25) is 11.8 Å². The molecule has 7 nitrogen and oxygen atoms in total. The van der Waals surface area contributed by atoms with E-state index in [1.165, 1.54) is 17.0 Å². The number of hydrogen-bond donors (Lipinski definition) is 1. The number of nitrogens with one attached hydrogen (secondary N) is 1. The lowest BCUT2D eigenvalue weighted by Gasteiger charge is -2.35. The summed E-state index contributed by atoms with van der Waals surface area (Å²) in [5.41, 5.74) is 1.21. The Morgan fingerprint density at radius 2 is 1.62 bits per heavy atom. The van der Waals surface area contributed by atoms with E-state index in [4.69, 9.17) is 23.2 Å². The van der Waals surface area contributed by atoms with E-state index < -0.39 is 34.1 Å². The molecule has 0 aliphatic heterocycles. The highest BCUT2D eigenvalue weighted by molar-refractivity contribution is 7.92. The number of carbonyl (C=O) groups is 2. The molecule has 0 bridgehead atoms. The molecule has 3 rings (SSSR count). The van der Waals surface area contributed by atoms with Crippen LogP contribution >= 0.6 is 23.2 Å². The fourth-order valence-electron chi connectivity index (χ4n) is 4.24. The third-order valence-electron chi connectivity index (χ3n) is 6.14. The predicted octanol–water partition coefficient (Wildman–Crippen LogP) is 6.22. The molecule has 3 aromatic carbocycles. The van der Waals surface area contributed by atoms with Crippen molar-refractivity contribution < 1.29 is 18.0 Å². The van der Waals surface area contributed by atoms with Crippen molar-refractivity contribution in [1.82, 2.24) is 10.2 Å². The summed E-state index contributed by atoms with van der Waals surface area (Å²) in [4.78, 5) is 28.9. The first kappa shape index (κ1) is 31.5. The minimum Gasteiger partial charge on any atom is -0.350 e. The average Bonchev–Trinajstić information content (AvgIpc) is 2.87. The van der Waals surface area contributed by atoms with Crippen LogP contribution in [0.25, 0.3) is 0 Å². The van der Waals surface area contributed by atoms with Crippen LogP contribution in [0.5, 0.6) is 0 Å². The molecular formula is C30H35Cl2N3O4S. The van der Waals surface area contributed by atoms with Gasteiger partial charge in [0.1, 0.15) is 12.6 Å². The van der Waals surface area contributed by atoms with Gasteiger partial charge >= 0.3 is 0 Å². The van der Waals surface area contributed by atoms with Crippen LogP contribution in [0.2, 0.25) is 10.0 Å². The summed E-state index contributed by atoms with van der Waals surface area (Å²) in [5.74, 6) is -0.899. The van der Waals surface area contributed by atoms with Crippen LogP contribution < -0.4 is 9.62 Å². The van der Waals surface area contributed by atoms with Gasteiger partial charge in [0.25, 0.3) is 10.0 Å². The van der Waals surface area contributed by atoms with Gasteiger partial charge in [0.05, 0.1) is 10.6 Å². The summed E-state index contributed by atoms with van der Waals surface area (Å²) in [5, 5.41) is 3.72. The van der Waals surface area contributed by atoms with Crippen molar-refractivity contribution in [2.45, 2.75) is 64.1 Å². The van der Waals surface area contributed by atoms with Gasteiger partial charge in [0.15, 0.2) is 0 Å². The second-order valence-corrected chi connectivity index (χ2v) is 13.3. The van der Waals surface area contributed by atoms with Crippen LogP contribution in [0.15, 0.2) is 77.7 Å². The number of carbonyl (C=O) groups excluding carboxylic acids is 2. The molecule has 0 saturated heterocycles. The van der Waals surface area contributed by atoms with E-state index >= 15 is 0 Å². The minimum atomic E-state index is -4.13. The van der Waals surface area contributed by atoms with Gasteiger partial charge in [-0.05, 0) is 81.6 Å². The van der Waals surface area contributed by atoms with Crippen molar-refractivity contribution >= 4 is 50.7 Å². The first-order valence-electron chi connectivity index (χ1n) is 12.9. The molecule has 0 aromatic heterocycles. The van der Waals surface area contributed by atoms with Gasteiger partial charge in [-0.15, -0.1) is 0 Å². The quantitative estimate of drug-likeness (QED) is 0.298. The van der Waals surface area contributed by atoms with Crippen molar-refractivity contribution in [3.8, 4) is 0 Å². The molecule has 10 heteroatoms. The average molecular weight is 605 g/mol. The number of halogens is 2. The van der Waals surface area contributed by atoms with E-state index in [2.05, 4.69) is 5.32 Å². The summed E-state index contributed by atoms with van der Waals surface area (Å²) in [7, 11) is -4.13. The van der Waals surface area contributed by atoms with Crippen LogP contribution in [0.3, 0.4) is 0 Å². The fraction of sp³-hybridized carbons (Fsp3) is 0.333. The Morgan fingerprint density at radius 1 is 0.950 bits per heavy atom. The molecule has 40 heavy (non-hydrogen) atoms. The molecule has 0 fully saturated rings. The standard InChI is InChI=1S/C30H35Cl2N3O4S/c1-6-27(29(37)33-30(3,4)5)34(19-22-15-16-23(31)18-26(22)32)28(36)20-35(24-12-10-11-21(2)17-24)40(38,39)25-13-8-7-9-14-25/h7-18,27H,6,19-20H2,1-5H3,(H,33,37). The maximum atomic E-state index is 14.1. The first-order chi connectivity index (χ1) is 18.7. The van der Waals surface area contributed by atoms with Crippen molar-refractivity contribution in [1.29, 1.82) is 0 Å². The van der Waals surface area contributed by atoms with Crippen LogP contribution in [0.1, 0.15) is 45.2 Å². The largest absolute Gasteiger partial charge is 0.350 e. The second kappa shape index (κ2) is 13.1. The van der Waals surface area contributed by atoms with E-state index in [1.54, 1.807) is 61.5 Å². The molecule has 3 aromatic rings. The highest BCUT2D eigenvalue weighted by Crippen LogP contribution is 2.27. The van der Waals surface area contributed by atoms with E-state index in [0.29, 0.717) is 27.7 Å². The zero-order chi connectivity index (χ0) is 29.7. The third kappa shape index (κ3) is 7.99. The van der Waals surface area contributed by atoms with Crippen molar-refractivity contribution in [3.63, 3.8) is 0 Å². The number of amides is 2. The monoisotopic (exact) mass is 603 g/mol. The Bertz CT molecular complexity index is 1460. The van der Waals surface area contributed by atoms with Crippen LogP contribution in [0, 0.1) is 6.92 Å². The SMILES string of the molecule is CCC(C(=O)NC(C)(C)C)N(Cc1ccc(Cl)cc1Cl)C(=O)CN(c1cccc(C)c1)S(=O)(=O)c1ccccc1. The topological polar surface area (TPSA) is 86.8 Å². The minimum absolute atomic E-state index is 0.0159. The lowest BCUT2D eigenvalue weighted by Crippen LogP contribution is -2.55. The maximum absolute atomic E-state index is 14.1. The predicted molar refractivity (Wildman–Crippen MR) is 161 cm³/mol. The highest BCUT2D eigenvalue weighted by Gasteiger charge is 2.34. The van der Waals surface area contributed by atoms with Crippen LogP contribution in [0.4, 0.5) is 5.69 Å². The van der Waals surface area contributed by atoms with Gasteiger partial charge in [-0.2, -0.15) is 0 Å².